The van der Waals surface area contributed by atoms with Gasteiger partial charge in [-0.3, -0.25) is 0 Å². The number of rotatable bonds is 4. The first kappa shape index (κ1) is 25.9. The highest BCUT2D eigenvalue weighted by atomic mass is 35.5. The van der Waals surface area contributed by atoms with Gasteiger partial charge >= 0.3 is 13.2 Å². The van der Waals surface area contributed by atoms with Gasteiger partial charge in [0.2, 0.25) is 0 Å². The van der Waals surface area contributed by atoms with Gasteiger partial charge in [0.1, 0.15) is 11.4 Å². The molecule has 2 atom stereocenters. The molecule has 0 spiro atoms. The topological polar surface area (TPSA) is 66.0 Å². The van der Waals surface area contributed by atoms with Gasteiger partial charge in [-0.25, -0.2) is 4.79 Å². The van der Waals surface area contributed by atoms with Gasteiger partial charge in [0.05, 0.1) is 17.7 Å². The van der Waals surface area contributed by atoms with Gasteiger partial charge in [-0.2, -0.15) is 0 Å². The van der Waals surface area contributed by atoms with E-state index in [-0.39, 0.29) is 12.5 Å². The number of alkyl carbamates (subject to hydrolysis) is 1. The van der Waals surface area contributed by atoms with Gasteiger partial charge in [-0.1, -0.05) is 48.9 Å². The zero-order chi connectivity index (χ0) is 25.8. The number of hydrogen-bond acceptors (Lipinski definition) is 5. The Morgan fingerprint density at radius 3 is 2.23 bits per heavy atom. The number of nitrogens with one attached hydrogen (secondary N) is 1. The second-order valence-corrected chi connectivity index (χ2v) is 11.8. The Kier molecular flexibility index (Phi) is 6.44. The van der Waals surface area contributed by atoms with Crippen LogP contribution in [0.2, 0.25) is 5.02 Å². The van der Waals surface area contributed by atoms with Crippen LogP contribution in [0.25, 0.3) is 0 Å². The molecule has 0 radical (unpaired) electrons. The van der Waals surface area contributed by atoms with Crippen molar-refractivity contribution in [3.05, 3.63) is 58.6 Å². The van der Waals surface area contributed by atoms with Crippen LogP contribution in [0.15, 0.2) is 42.5 Å². The van der Waals surface area contributed by atoms with E-state index < -0.39 is 35.6 Å². The maximum Gasteiger partial charge on any atom is 0.496 e. The van der Waals surface area contributed by atoms with Crippen LogP contribution < -0.4 is 15.5 Å². The van der Waals surface area contributed by atoms with Crippen LogP contribution in [0, 0.1) is 0 Å². The van der Waals surface area contributed by atoms with Crippen LogP contribution in [-0.4, -0.2) is 36.6 Å². The van der Waals surface area contributed by atoms with E-state index in [0.717, 1.165) is 16.6 Å². The number of carbonyl (C=O) groups is 1. The molecule has 0 saturated carbocycles. The third-order valence-corrected chi connectivity index (χ3v) is 7.59. The summed E-state index contributed by atoms with van der Waals surface area (Å²) >= 11 is 6.77. The van der Waals surface area contributed by atoms with Crippen LogP contribution >= 0.6 is 11.6 Å². The van der Waals surface area contributed by atoms with E-state index in [2.05, 4.69) is 12.2 Å². The predicted molar refractivity (Wildman–Crippen MR) is 139 cm³/mol. The molecule has 1 N–H and O–H groups in total. The summed E-state index contributed by atoms with van der Waals surface area (Å²) < 4.78 is 24.9. The van der Waals surface area contributed by atoms with Gasteiger partial charge in [-0.15, -0.1) is 0 Å². The summed E-state index contributed by atoms with van der Waals surface area (Å²) in [5.74, 6) is 0.518. The van der Waals surface area contributed by atoms with E-state index in [4.69, 9.17) is 30.4 Å². The van der Waals surface area contributed by atoms with Crippen molar-refractivity contribution in [3.8, 4) is 5.75 Å². The molecule has 188 valence electrons. The molecule has 4 rings (SSSR count). The molecule has 1 amide bonds. The highest BCUT2D eigenvalue weighted by Crippen LogP contribution is 2.51. The molecule has 8 heteroatoms. The maximum absolute atomic E-state index is 12.6. The van der Waals surface area contributed by atoms with Crippen molar-refractivity contribution in [2.45, 2.75) is 83.7 Å². The largest absolute Gasteiger partial charge is 0.496 e. The quantitative estimate of drug-likeness (QED) is 0.558. The molecule has 35 heavy (non-hydrogen) atoms. The second kappa shape index (κ2) is 8.72. The first-order chi connectivity index (χ1) is 16.2. The van der Waals surface area contributed by atoms with E-state index >= 15 is 0 Å². The van der Waals surface area contributed by atoms with Crippen molar-refractivity contribution in [3.63, 3.8) is 0 Å². The van der Waals surface area contributed by atoms with Crippen LogP contribution in [-0.2, 0) is 19.6 Å². The SMILES string of the molecule is C[C@H]1c2c(ccc(Cl)c2B2OC(C)(C)C(C)(C)O2)O[C@]1(CNC(=O)OC(C)(C)C)c1ccccc1. The molecular weight excluding hydrogens is 465 g/mol. The summed E-state index contributed by atoms with van der Waals surface area (Å²) in [7, 11) is -0.640. The summed E-state index contributed by atoms with van der Waals surface area (Å²) in [6, 6.07) is 13.6. The Bertz CT molecular complexity index is 1100. The Labute approximate surface area is 213 Å². The van der Waals surface area contributed by atoms with Crippen molar-refractivity contribution >= 4 is 30.3 Å². The smallest absolute Gasteiger partial charge is 0.480 e. The molecule has 2 aromatic carbocycles. The molecule has 2 aliphatic rings. The van der Waals surface area contributed by atoms with Crippen molar-refractivity contribution < 1.29 is 23.6 Å². The number of halogens is 1. The van der Waals surface area contributed by atoms with Crippen LogP contribution in [0.4, 0.5) is 4.79 Å². The van der Waals surface area contributed by atoms with E-state index in [1.807, 2.05) is 90.9 Å². The molecule has 2 aromatic rings. The lowest BCUT2D eigenvalue weighted by molar-refractivity contribution is 0.00578. The van der Waals surface area contributed by atoms with Crippen LogP contribution in [0.3, 0.4) is 0 Å². The Morgan fingerprint density at radius 1 is 1.06 bits per heavy atom. The molecule has 1 fully saturated rings. The number of ether oxygens (including phenoxy) is 2. The summed E-state index contributed by atoms with van der Waals surface area (Å²) in [5.41, 5.74) is 0.130. The maximum atomic E-state index is 12.6. The normalized spacial score (nSPS) is 24.6. The number of hydrogen-bond donors (Lipinski definition) is 1. The number of benzene rings is 2. The van der Waals surface area contributed by atoms with Gasteiger partial charge in [0, 0.05) is 22.0 Å². The summed E-state index contributed by atoms with van der Waals surface area (Å²) in [5, 5.41) is 3.49. The highest BCUT2D eigenvalue weighted by Gasteiger charge is 2.56. The van der Waals surface area contributed by atoms with E-state index in [9.17, 15) is 4.79 Å². The van der Waals surface area contributed by atoms with Gasteiger partial charge in [-0.05, 0) is 66.2 Å². The van der Waals surface area contributed by atoms with E-state index in [0.29, 0.717) is 10.8 Å². The van der Waals surface area contributed by atoms with E-state index in [1.165, 1.54) is 0 Å². The standard InChI is InChI=1S/C27H35BClNO5/c1-17-21-20(15-14-19(29)22(21)28-34-25(5,6)26(7,8)35-28)32-27(17,18-12-10-9-11-13-18)16-30-23(31)33-24(2,3)4/h9-15,17H,16H2,1-8H3,(H,30,31)/t17-,27-/m0/s1. The predicted octanol–water partition coefficient (Wildman–Crippen LogP) is 5.56. The van der Waals surface area contributed by atoms with Crippen molar-refractivity contribution in [1.82, 2.24) is 5.32 Å². The minimum Gasteiger partial charge on any atom is -0.480 e. The zero-order valence-electron chi connectivity index (χ0n) is 21.8. The fraction of sp³-hybridized carbons (Fsp3) is 0.519. The fourth-order valence-electron chi connectivity index (χ4n) is 4.68. The first-order valence-corrected chi connectivity index (χ1v) is 12.4. The third kappa shape index (κ3) is 4.66. The van der Waals surface area contributed by atoms with Gasteiger partial charge < -0.3 is 24.1 Å². The monoisotopic (exact) mass is 499 g/mol. The molecule has 2 heterocycles. The number of carbonyl (C=O) groups excluding carboxylic acids is 1. The summed E-state index contributed by atoms with van der Waals surface area (Å²) in [6.07, 6.45) is -0.497. The average Bonchev–Trinajstić information content (AvgIpc) is 3.15. The molecule has 1 saturated heterocycles. The van der Waals surface area contributed by atoms with Crippen molar-refractivity contribution in [2.75, 3.05) is 6.54 Å². The van der Waals surface area contributed by atoms with E-state index in [1.54, 1.807) is 0 Å². The third-order valence-electron chi connectivity index (χ3n) is 7.26. The molecule has 0 aromatic heterocycles. The second-order valence-electron chi connectivity index (χ2n) is 11.4. The fourth-order valence-corrected chi connectivity index (χ4v) is 4.94. The van der Waals surface area contributed by atoms with Crippen molar-refractivity contribution in [1.29, 1.82) is 0 Å². The molecule has 0 bridgehead atoms. The average molecular weight is 500 g/mol. The van der Waals surface area contributed by atoms with Crippen molar-refractivity contribution in [2.24, 2.45) is 0 Å². The number of fused-ring (bicyclic) bond motifs is 1. The van der Waals surface area contributed by atoms with Crippen LogP contribution in [0.1, 0.15) is 72.4 Å². The Balaban J connectivity index is 1.75. The lowest BCUT2D eigenvalue weighted by Crippen LogP contribution is -2.47. The van der Waals surface area contributed by atoms with Gasteiger partial charge in [0.25, 0.3) is 0 Å². The minimum atomic E-state index is -0.871. The minimum absolute atomic E-state index is 0.178. The molecular formula is C27H35BClNO5. The Hall–Kier alpha value is -2.22. The summed E-state index contributed by atoms with van der Waals surface area (Å²) in [6.45, 7) is 15.9. The first-order valence-electron chi connectivity index (χ1n) is 12.1. The lowest BCUT2D eigenvalue weighted by atomic mass is 9.70. The van der Waals surface area contributed by atoms with Crippen LogP contribution in [0.5, 0.6) is 5.75 Å². The molecule has 2 aliphatic heterocycles. The lowest BCUT2D eigenvalue weighted by Gasteiger charge is -2.34. The molecule has 6 nitrogen and oxygen atoms in total. The summed E-state index contributed by atoms with van der Waals surface area (Å²) in [4.78, 5) is 12.6. The highest BCUT2D eigenvalue weighted by molar-refractivity contribution is 6.66. The molecule has 0 unspecified atom stereocenters. The zero-order valence-corrected chi connectivity index (χ0v) is 22.6. The van der Waals surface area contributed by atoms with Gasteiger partial charge in [0.15, 0.2) is 5.60 Å². The molecule has 0 aliphatic carbocycles. The Morgan fingerprint density at radius 2 is 1.66 bits per heavy atom. The number of amides is 1.